The molecule has 2 aromatic rings. The Hall–Kier alpha value is -2.22. The Kier molecular flexibility index (Phi) is 6.49. The van der Waals surface area contributed by atoms with Gasteiger partial charge < -0.3 is 14.2 Å². The third-order valence-corrected chi connectivity index (χ3v) is 4.84. The summed E-state index contributed by atoms with van der Waals surface area (Å²) in [5.41, 5.74) is 0.945. The van der Waals surface area contributed by atoms with Gasteiger partial charge in [0.05, 0.1) is 24.3 Å². The van der Waals surface area contributed by atoms with Crippen LogP contribution in [0.25, 0.3) is 11.8 Å². The predicted molar refractivity (Wildman–Crippen MR) is 105 cm³/mol. The Morgan fingerprint density at radius 1 is 1.39 bits per heavy atom. The molecule has 1 fully saturated rings. The summed E-state index contributed by atoms with van der Waals surface area (Å²) in [6.07, 6.45) is 4.76. The molecule has 3 rings (SSSR count). The number of carbonyl (C=O) groups is 1. The fourth-order valence-electron chi connectivity index (χ4n) is 3.10. The Bertz CT molecular complexity index is 812. The minimum Gasteiger partial charge on any atom is -0.455 e. The Labute approximate surface area is 169 Å². The van der Waals surface area contributed by atoms with Crippen LogP contribution in [0.15, 0.2) is 36.9 Å². The largest absolute Gasteiger partial charge is 0.455 e. The minimum atomic E-state index is -0.653. The number of esters is 1. The molecule has 0 aliphatic carbocycles. The van der Waals surface area contributed by atoms with Crippen molar-refractivity contribution >= 4 is 29.3 Å². The first kappa shape index (κ1) is 20.5. The highest BCUT2D eigenvalue weighted by molar-refractivity contribution is 6.30. The van der Waals surface area contributed by atoms with Crippen molar-refractivity contribution in [3.63, 3.8) is 0 Å². The van der Waals surface area contributed by atoms with Gasteiger partial charge in [-0.15, -0.1) is 0 Å². The van der Waals surface area contributed by atoms with Gasteiger partial charge in [0.2, 0.25) is 0 Å². The average molecular weight is 406 g/mol. The van der Waals surface area contributed by atoms with Gasteiger partial charge in [-0.3, -0.25) is 4.79 Å². The molecule has 150 valence electrons. The minimum absolute atomic E-state index is 0.249. The van der Waals surface area contributed by atoms with Crippen molar-refractivity contribution in [3.05, 3.63) is 47.5 Å². The van der Waals surface area contributed by atoms with E-state index in [4.69, 9.17) is 25.8 Å². The van der Waals surface area contributed by atoms with E-state index in [2.05, 4.69) is 10.1 Å². The summed E-state index contributed by atoms with van der Waals surface area (Å²) < 4.78 is 19.0. The topological polar surface area (TPSA) is 75.5 Å². The lowest BCUT2D eigenvalue weighted by molar-refractivity contribution is -0.242. The van der Waals surface area contributed by atoms with E-state index < -0.39 is 17.5 Å². The van der Waals surface area contributed by atoms with E-state index in [0.29, 0.717) is 23.9 Å². The van der Waals surface area contributed by atoms with E-state index >= 15 is 0 Å². The second kappa shape index (κ2) is 8.86. The van der Waals surface area contributed by atoms with Crippen LogP contribution in [0, 0.1) is 5.41 Å². The standard InChI is InChI=1S/C20H24ClN3O4/c1-4-18-26-10-20(3,11-27-18)19(28-14(2)25)17(24-13-22-12-23-24)9-15-5-7-16(21)8-6-15/h5-9,12-13,18-19H,4,10-11H2,1-3H3. The lowest BCUT2D eigenvalue weighted by Gasteiger charge is -2.42. The van der Waals surface area contributed by atoms with Crippen LogP contribution in [0.3, 0.4) is 0 Å². The molecule has 0 spiro atoms. The highest BCUT2D eigenvalue weighted by Gasteiger charge is 2.44. The zero-order chi connectivity index (χ0) is 20.1. The monoisotopic (exact) mass is 405 g/mol. The molecule has 2 heterocycles. The van der Waals surface area contributed by atoms with Crippen molar-refractivity contribution < 1.29 is 19.0 Å². The van der Waals surface area contributed by atoms with E-state index in [-0.39, 0.29) is 6.29 Å². The molecule has 1 aromatic heterocycles. The van der Waals surface area contributed by atoms with Crippen LogP contribution in [-0.2, 0) is 19.0 Å². The predicted octanol–water partition coefficient (Wildman–Crippen LogP) is 3.65. The molecule has 0 saturated carbocycles. The van der Waals surface area contributed by atoms with Crippen LogP contribution in [0.5, 0.6) is 0 Å². The lowest BCUT2D eigenvalue weighted by atomic mass is 9.82. The van der Waals surface area contributed by atoms with Crippen LogP contribution in [0.1, 0.15) is 32.8 Å². The van der Waals surface area contributed by atoms with E-state index in [1.54, 1.807) is 23.1 Å². The highest BCUT2D eigenvalue weighted by Crippen LogP contribution is 2.37. The van der Waals surface area contributed by atoms with E-state index in [9.17, 15) is 4.79 Å². The summed E-state index contributed by atoms with van der Waals surface area (Å²) >= 11 is 6.00. The maximum Gasteiger partial charge on any atom is 0.303 e. The molecule has 0 radical (unpaired) electrons. The maximum atomic E-state index is 11.9. The molecule has 8 heteroatoms. The van der Waals surface area contributed by atoms with E-state index in [0.717, 1.165) is 12.0 Å². The fourth-order valence-corrected chi connectivity index (χ4v) is 3.23. The van der Waals surface area contributed by atoms with Gasteiger partial charge in [0.15, 0.2) is 12.4 Å². The van der Waals surface area contributed by atoms with Crippen LogP contribution in [-0.4, -0.2) is 46.3 Å². The van der Waals surface area contributed by atoms with Crippen LogP contribution in [0.2, 0.25) is 5.02 Å². The third-order valence-electron chi connectivity index (χ3n) is 4.58. The molecule has 1 saturated heterocycles. The second-order valence-corrected chi connectivity index (χ2v) is 7.50. The number of nitrogens with zero attached hydrogens (tertiary/aromatic N) is 3. The average Bonchev–Trinajstić information content (AvgIpc) is 3.21. The Balaban J connectivity index is 2.02. The number of hydrogen-bond acceptors (Lipinski definition) is 6. The number of aromatic nitrogens is 3. The molecule has 7 nitrogen and oxygen atoms in total. The van der Waals surface area contributed by atoms with Gasteiger partial charge in [-0.25, -0.2) is 9.67 Å². The summed E-state index contributed by atoms with van der Waals surface area (Å²) in [6.45, 7) is 6.13. The van der Waals surface area contributed by atoms with Gasteiger partial charge in [0.25, 0.3) is 0 Å². The molecule has 28 heavy (non-hydrogen) atoms. The fraction of sp³-hybridized carbons (Fsp3) is 0.450. The number of halogens is 1. The molecule has 0 amide bonds. The molecule has 1 aliphatic heterocycles. The quantitative estimate of drug-likeness (QED) is 0.683. The summed E-state index contributed by atoms with van der Waals surface area (Å²) in [4.78, 5) is 16.0. The van der Waals surface area contributed by atoms with Crippen LogP contribution >= 0.6 is 11.6 Å². The maximum absolute atomic E-state index is 11.9. The number of hydrogen-bond donors (Lipinski definition) is 0. The van der Waals surface area contributed by atoms with Crippen molar-refractivity contribution in [2.45, 2.75) is 39.6 Å². The van der Waals surface area contributed by atoms with Crippen LogP contribution < -0.4 is 0 Å². The molecule has 1 atom stereocenters. The van der Waals surface area contributed by atoms with Gasteiger partial charge in [-0.05, 0) is 30.2 Å². The van der Waals surface area contributed by atoms with E-state index in [1.807, 2.05) is 32.1 Å². The third kappa shape index (κ3) is 4.79. The summed E-state index contributed by atoms with van der Waals surface area (Å²) in [5.74, 6) is -0.397. The number of carbonyl (C=O) groups excluding carboxylic acids is 1. The zero-order valence-electron chi connectivity index (χ0n) is 16.2. The molecule has 1 unspecified atom stereocenters. The van der Waals surface area contributed by atoms with Crippen molar-refractivity contribution in [1.82, 2.24) is 14.8 Å². The van der Waals surface area contributed by atoms with Gasteiger partial charge in [-0.2, -0.15) is 5.10 Å². The number of rotatable bonds is 6. The molecule has 0 bridgehead atoms. The van der Waals surface area contributed by atoms with Gasteiger partial charge in [-0.1, -0.05) is 37.6 Å². The van der Waals surface area contributed by atoms with Gasteiger partial charge >= 0.3 is 5.97 Å². The normalized spacial score (nSPS) is 24.0. The smallest absolute Gasteiger partial charge is 0.303 e. The second-order valence-electron chi connectivity index (χ2n) is 7.06. The molecular weight excluding hydrogens is 382 g/mol. The van der Waals surface area contributed by atoms with Crippen molar-refractivity contribution in [1.29, 1.82) is 0 Å². The molecule has 1 aromatic carbocycles. The summed E-state index contributed by atoms with van der Waals surface area (Å²) in [7, 11) is 0. The Morgan fingerprint density at radius 2 is 2.07 bits per heavy atom. The highest BCUT2D eigenvalue weighted by atomic mass is 35.5. The molecule has 0 N–H and O–H groups in total. The molecule has 1 aliphatic rings. The summed E-state index contributed by atoms with van der Waals surface area (Å²) in [6, 6.07) is 7.36. The van der Waals surface area contributed by atoms with Crippen molar-refractivity contribution in [2.24, 2.45) is 5.41 Å². The first-order chi connectivity index (χ1) is 13.4. The van der Waals surface area contributed by atoms with Crippen molar-refractivity contribution in [2.75, 3.05) is 13.2 Å². The molecular formula is C20H24ClN3O4. The van der Waals surface area contributed by atoms with E-state index in [1.165, 1.54) is 13.3 Å². The van der Waals surface area contributed by atoms with Gasteiger partial charge in [0.1, 0.15) is 12.7 Å². The number of benzene rings is 1. The zero-order valence-corrected chi connectivity index (χ0v) is 16.9. The SMILES string of the molecule is CCC1OCC(C)(C(OC(C)=O)C(=Cc2ccc(Cl)cc2)n2cncn2)CO1. The lowest BCUT2D eigenvalue weighted by Crippen LogP contribution is -2.49. The first-order valence-electron chi connectivity index (χ1n) is 9.14. The summed E-state index contributed by atoms with van der Waals surface area (Å²) in [5, 5.41) is 4.90. The number of ether oxygens (including phenoxy) is 3. The van der Waals surface area contributed by atoms with Crippen molar-refractivity contribution in [3.8, 4) is 0 Å². The van der Waals surface area contributed by atoms with Gasteiger partial charge in [0, 0.05) is 11.9 Å². The Morgan fingerprint density at radius 3 is 2.61 bits per heavy atom. The van der Waals surface area contributed by atoms with Crippen LogP contribution in [0.4, 0.5) is 0 Å². The first-order valence-corrected chi connectivity index (χ1v) is 9.51.